The molecule has 1 fully saturated rings. The van der Waals surface area contributed by atoms with E-state index in [1.54, 1.807) is 28.8 Å². The van der Waals surface area contributed by atoms with E-state index in [2.05, 4.69) is 48.0 Å². The Bertz CT molecular complexity index is 1080. The fraction of sp³-hybridized carbons (Fsp3) is 0.292. The summed E-state index contributed by atoms with van der Waals surface area (Å²) in [5, 5.41) is 9.00. The first-order valence-electron chi connectivity index (χ1n) is 10.3. The van der Waals surface area contributed by atoms with Crippen molar-refractivity contribution in [1.29, 1.82) is 0 Å². The third kappa shape index (κ3) is 5.05. The highest BCUT2D eigenvalue weighted by atomic mass is 32.2. The molecule has 0 N–H and O–H groups in total. The van der Waals surface area contributed by atoms with Gasteiger partial charge in [-0.05, 0) is 37.5 Å². The molecule has 1 amide bonds. The van der Waals surface area contributed by atoms with Gasteiger partial charge in [0.2, 0.25) is 5.91 Å². The Morgan fingerprint density at radius 3 is 2.65 bits per heavy atom. The summed E-state index contributed by atoms with van der Waals surface area (Å²) in [4.78, 5) is 15.0. The van der Waals surface area contributed by atoms with Crippen LogP contribution in [0.1, 0.15) is 24.0 Å². The van der Waals surface area contributed by atoms with Gasteiger partial charge < -0.3 is 4.90 Å². The smallest absolute Gasteiger partial charge is 0.233 e. The van der Waals surface area contributed by atoms with Crippen molar-refractivity contribution in [3.63, 3.8) is 0 Å². The van der Waals surface area contributed by atoms with E-state index in [-0.39, 0.29) is 17.5 Å². The minimum atomic E-state index is -0.356. The maximum Gasteiger partial charge on any atom is 0.233 e. The molecule has 7 heteroatoms. The van der Waals surface area contributed by atoms with Crippen LogP contribution in [0.4, 0.5) is 4.39 Å². The molecule has 0 saturated heterocycles. The third-order valence-corrected chi connectivity index (χ3v) is 6.20. The van der Waals surface area contributed by atoms with Crippen molar-refractivity contribution in [2.45, 2.75) is 44.1 Å². The number of hydrogen-bond donors (Lipinski definition) is 0. The van der Waals surface area contributed by atoms with E-state index in [0.717, 1.165) is 18.4 Å². The second kappa shape index (κ2) is 9.47. The molecule has 0 bridgehead atoms. The van der Waals surface area contributed by atoms with E-state index in [0.29, 0.717) is 35.7 Å². The molecule has 2 aromatic carbocycles. The van der Waals surface area contributed by atoms with Gasteiger partial charge in [0, 0.05) is 19.1 Å². The third-order valence-electron chi connectivity index (χ3n) is 5.25. The molecular formula is C24H25FN4OS. The molecule has 1 aromatic heterocycles. The predicted molar refractivity (Wildman–Crippen MR) is 121 cm³/mol. The molecule has 0 aliphatic heterocycles. The molecule has 160 valence electrons. The number of benzene rings is 2. The zero-order valence-corrected chi connectivity index (χ0v) is 18.3. The number of nitrogens with zero attached hydrogens (tertiary/aromatic N) is 4. The van der Waals surface area contributed by atoms with Crippen LogP contribution in [-0.2, 0) is 17.9 Å². The van der Waals surface area contributed by atoms with Crippen LogP contribution in [0.3, 0.4) is 0 Å². The first-order chi connectivity index (χ1) is 15.1. The lowest BCUT2D eigenvalue weighted by molar-refractivity contribution is -0.129. The van der Waals surface area contributed by atoms with Crippen molar-refractivity contribution < 1.29 is 9.18 Å². The first kappa shape index (κ1) is 21.3. The summed E-state index contributed by atoms with van der Waals surface area (Å²) in [6.07, 6.45) is 3.81. The molecule has 0 spiro atoms. The van der Waals surface area contributed by atoms with E-state index in [1.807, 2.05) is 4.90 Å². The van der Waals surface area contributed by atoms with Gasteiger partial charge in [0.05, 0.1) is 11.3 Å². The van der Waals surface area contributed by atoms with Gasteiger partial charge in [0.1, 0.15) is 5.82 Å². The Morgan fingerprint density at radius 1 is 1.23 bits per heavy atom. The van der Waals surface area contributed by atoms with E-state index >= 15 is 0 Å². The summed E-state index contributed by atoms with van der Waals surface area (Å²) in [6, 6.07) is 15.1. The summed E-state index contributed by atoms with van der Waals surface area (Å²) in [5.41, 5.74) is 2.72. The molecule has 1 heterocycles. The monoisotopic (exact) mass is 436 g/mol. The summed E-state index contributed by atoms with van der Waals surface area (Å²) in [5.74, 6) is 0.417. The topological polar surface area (TPSA) is 51.0 Å². The minimum Gasteiger partial charge on any atom is -0.335 e. The quantitative estimate of drug-likeness (QED) is 0.355. The summed E-state index contributed by atoms with van der Waals surface area (Å²) in [6.45, 7) is 6.89. The molecule has 1 aliphatic rings. The summed E-state index contributed by atoms with van der Waals surface area (Å²) < 4.78 is 16.1. The van der Waals surface area contributed by atoms with Crippen molar-refractivity contribution >= 4 is 17.7 Å². The number of carbonyl (C=O) groups excluding carboxylic acids is 1. The number of allylic oxidation sites excluding steroid dienone is 1. The van der Waals surface area contributed by atoms with Crippen LogP contribution in [0.2, 0.25) is 0 Å². The van der Waals surface area contributed by atoms with Gasteiger partial charge in [-0.25, -0.2) is 4.39 Å². The maximum absolute atomic E-state index is 14.3. The highest BCUT2D eigenvalue weighted by Gasteiger charge is 2.32. The van der Waals surface area contributed by atoms with Crippen LogP contribution in [0.25, 0.3) is 11.4 Å². The minimum absolute atomic E-state index is 0.0775. The Labute approximate surface area is 186 Å². The number of carbonyl (C=O) groups is 1. The number of amides is 1. The predicted octanol–water partition coefficient (Wildman–Crippen LogP) is 4.86. The van der Waals surface area contributed by atoms with Crippen molar-refractivity contribution in [2.24, 2.45) is 0 Å². The number of aryl methyl sites for hydroxylation is 1. The molecule has 0 radical (unpaired) electrons. The molecule has 3 aromatic rings. The van der Waals surface area contributed by atoms with Crippen LogP contribution < -0.4 is 0 Å². The maximum atomic E-state index is 14.3. The Morgan fingerprint density at radius 2 is 1.97 bits per heavy atom. The highest BCUT2D eigenvalue weighted by Crippen LogP contribution is 2.31. The standard InChI is InChI=1S/C24H25FN4OS/c1-3-14-28-23(20-6-4-5-7-21(20)25)26-27-24(28)31-16-22(30)29(19-12-13-19)15-18-10-8-17(2)9-11-18/h3-11,19H,1,12-16H2,2H3. The molecule has 31 heavy (non-hydrogen) atoms. The average Bonchev–Trinajstić information content (AvgIpc) is 3.54. The van der Waals surface area contributed by atoms with Crippen molar-refractivity contribution in [3.8, 4) is 11.4 Å². The average molecular weight is 437 g/mol. The highest BCUT2D eigenvalue weighted by molar-refractivity contribution is 7.99. The van der Waals surface area contributed by atoms with E-state index < -0.39 is 0 Å². The lowest BCUT2D eigenvalue weighted by Gasteiger charge is -2.22. The fourth-order valence-electron chi connectivity index (χ4n) is 3.44. The van der Waals surface area contributed by atoms with Crippen molar-refractivity contribution in [1.82, 2.24) is 19.7 Å². The van der Waals surface area contributed by atoms with Crippen molar-refractivity contribution in [3.05, 3.63) is 78.1 Å². The molecule has 0 unspecified atom stereocenters. The van der Waals surface area contributed by atoms with Gasteiger partial charge in [-0.1, -0.05) is 59.8 Å². The number of thioether (sulfide) groups is 1. The SMILES string of the molecule is C=CCn1c(SCC(=O)N(Cc2ccc(C)cc2)C2CC2)nnc1-c1ccccc1F. The Balaban J connectivity index is 1.48. The van der Waals surface area contributed by atoms with Gasteiger partial charge in [-0.15, -0.1) is 16.8 Å². The second-order valence-corrected chi connectivity index (χ2v) is 8.65. The zero-order valence-electron chi connectivity index (χ0n) is 17.5. The molecule has 1 aliphatic carbocycles. The fourth-order valence-corrected chi connectivity index (χ4v) is 4.27. The van der Waals surface area contributed by atoms with Gasteiger partial charge in [-0.3, -0.25) is 9.36 Å². The molecule has 4 rings (SSSR count). The Hall–Kier alpha value is -2.93. The van der Waals surface area contributed by atoms with E-state index in [1.165, 1.54) is 23.4 Å². The molecule has 0 atom stereocenters. The number of rotatable bonds is 9. The van der Waals surface area contributed by atoms with Gasteiger partial charge in [0.15, 0.2) is 11.0 Å². The van der Waals surface area contributed by atoms with Crippen LogP contribution in [-0.4, -0.2) is 37.4 Å². The normalized spacial score (nSPS) is 13.2. The Kier molecular flexibility index (Phi) is 6.51. The molecule has 1 saturated carbocycles. The van der Waals surface area contributed by atoms with E-state index in [9.17, 15) is 9.18 Å². The summed E-state index contributed by atoms with van der Waals surface area (Å²) in [7, 11) is 0. The lowest BCUT2D eigenvalue weighted by atomic mass is 10.1. The molecule has 5 nitrogen and oxygen atoms in total. The van der Waals surface area contributed by atoms with Gasteiger partial charge in [0.25, 0.3) is 0 Å². The van der Waals surface area contributed by atoms with Gasteiger partial charge >= 0.3 is 0 Å². The number of aromatic nitrogens is 3. The van der Waals surface area contributed by atoms with Gasteiger partial charge in [-0.2, -0.15) is 0 Å². The molecular weight excluding hydrogens is 411 g/mol. The number of halogens is 1. The largest absolute Gasteiger partial charge is 0.335 e. The zero-order chi connectivity index (χ0) is 21.8. The second-order valence-electron chi connectivity index (χ2n) is 7.71. The lowest BCUT2D eigenvalue weighted by Crippen LogP contribution is -2.34. The first-order valence-corrected chi connectivity index (χ1v) is 11.3. The van der Waals surface area contributed by atoms with Crippen LogP contribution in [0.15, 0.2) is 66.3 Å². The number of hydrogen-bond acceptors (Lipinski definition) is 4. The van der Waals surface area contributed by atoms with Crippen LogP contribution in [0, 0.1) is 12.7 Å². The van der Waals surface area contributed by atoms with Crippen LogP contribution >= 0.6 is 11.8 Å². The van der Waals surface area contributed by atoms with E-state index in [4.69, 9.17) is 0 Å². The van der Waals surface area contributed by atoms with Crippen LogP contribution in [0.5, 0.6) is 0 Å². The van der Waals surface area contributed by atoms with Crippen molar-refractivity contribution in [2.75, 3.05) is 5.75 Å². The summed E-state index contributed by atoms with van der Waals surface area (Å²) >= 11 is 1.33.